The quantitative estimate of drug-likeness (QED) is 0.551. The van der Waals surface area contributed by atoms with Gasteiger partial charge < -0.3 is 10.1 Å². The van der Waals surface area contributed by atoms with Gasteiger partial charge in [-0.3, -0.25) is 14.9 Å². The van der Waals surface area contributed by atoms with Gasteiger partial charge in [-0.05, 0) is 55.8 Å². The zero-order valence-electron chi connectivity index (χ0n) is 16.2. The number of ether oxygens (including phenoxy) is 1. The molecule has 3 rings (SSSR count). The molecule has 0 aliphatic carbocycles. The average molecular weight is 439 g/mol. The molecule has 29 heavy (non-hydrogen) atoms. The third kappa shape index (κ3) is 4.81. The van der Waals surface area contributed by atoms with Crippen molar-refractivity contribution in [2.24, 2.45) is 5.92 Å². The summed E-state index contributed by atoms with van der Waals surface area (Å²) in [4.78, 5) is 12.9. The second-order valence-corrected chi connectivity index (χ2v) is 9.09. The minimum atomic E-state index is -3.92. The Morgan fingerprint density at radius 2 is 1.83 bits per heavy atom. The van der Waals surface area contributed by atoms with Crippen LogP contribution in [0.2, 0.25) is 5.02 Å². The van der Waals surface area contributed by atoms with E-state index in [-0.39, 0.29) is 0 Å². The lowest BCUT2D eigenvalue weighted by atomic mass is 10.0. The summed E-state index contributed by atoms with van der Waals surface area (Å²) in [7, 11) is -2.39. The first-order valence-corrected chi connectivity index (χ1v) is 10.9. The Balaban J connectivity index is 1.80. The van der Waals surface area contributed by atoms with Crippen molar-refractivity contribution < 1.29 is 17.9 Å². The number of hydrogen-bond donors (Lipinski definition) is 4. The Morgan fingerprint density at radius 3 is 2.48 bits per heavy atom. The fourth-order valence-electron chi connectivity index (χ4n) is 3.12. The Kier molecular flexibility index (Phi) is 6.33. The van der Waals surface area contributed by atoms with E-state index in [1.54, 1.807) is 49.4 Å². The number of carbonyl (C=O) groups excluding carboxylic acids is 1. The number of sulfonamides is 1. The molecule has 2 aromatic rings. The van der Waals surface area contributed by atoms with E-state index in [4.69, 9.17) is 16.3 Å². The van der Waals surface area contributed by atoms with Gasteiger partial charge in [0.1, 0.15) is 5.75 Å². The Hall–Kier alpha value is -2.33. The maximum absolute atomic E-state index is 12.9. The average Bonchev–Trinajstić information content (AvgIpc) is 3.07. The summed E-state index contributed by atoms with van der Waals surface area (Å²) < 4.78 is 33.5. The first kappa shape index (κ1) is 21.4. The molecule has 1 saturated heterocycles. The smallest absolute Gasteiger partial charge is 0.250 e. The molecule has 2 aromatic carbocycles. The van der Waals surface area contributed by atoms with E-state index in [2.05, 4.69) is 20.9 Å². The second kappa shape index (κ2) is 8.58. The molecule has 10 heteroatoms. The molecule has 3 atom stereocenters. The Bertz CT molecular complexity index is 998. The van der Waals surface area contributed by atoms with Gasteiger partial charge in [0.15, 0.2) is 5.37 Å². The molecule has 1 amide bonds. The molecule has 0 saturated carbocycles. The lowest BCUT2D eigenvalue weighted by Gasteiger charge is -2.22. The van der Waals surface area contributed by atoms with Gasteiger partial charge >= 0.3 is 0 Å². The number of hydrazine groups is 1. The standard InChI is InChI=1S/C19H23ClN4O4S/c1-11-4-5-13(20)10-16(11)21-18(25)17-12(2)22-23-19(17)29(26,27)24-14-6-8-15(28-3)9-7-14/h4-10,12,17,19,22-24H,1-3H3,(H,21,25). The molecule has 0 radical (unpaired) electrons. The van der Waals surface area contributed by atoms with E-state index in [1.807, 2.05) is 6.92 Å². The molecule has 0 aromatic heterocycles. The molecular weight excluding hydrogens is 416 g/mol. The van der Waals surface area contributed by atoms with Gasteiger partial charge in [0.05, 0.1) is 13.0 Å². The molecule has 4 N–H and O–H groups in total. The normalized spacial score (nSPS) is 21.6. The van der Waals surface area contributed by atoms with Gasteiger partial charge in [-0.1, -0.05) is 17.7 Å². The van der Waals surface area contributed by atoms with Crippen molar-refractivity contribution in [2.75, 3.05) is 17.1 Å². The van der Waals surface area contributed by atoms with Crippen LogP contribution < -0.4 is 25.6 Å². The van der Waals surface area contributed by atoms with Crippen LogP contribution in [0.1, 0.15) is 12.5 Å². The highest BCUT2D eigenvalue weighted by molar-refractivity contribution is 7.93. The van der Waals surface area contributed by atoms with Crippen molar-refractivity contribution in [3.63, 3.8) is 0 Å². The van der Waals surface area contributed by atoms with Crippen LogP contribution >= 0.6 is 11.6 Å². The first-order chi connectivity index (χ1) is 13.7. The Labute approximate surface area is 175 Å². The zero-order chi connectivity index (χ0) is 21.2. The van der Waals surface area contributed by atoms with E-state index < -0.39 is 33.3 Å². The number of hydrogen-bond acceptors (Lipinski definition) is 6. The number of halogens is 1. The number of carbonyl (C=O) groups is 1. The minimum Gasteiger partial charge on any atom is -0.497 e. The fraction of sp³-hybridized carbons (Fsp3) is 0.316. The van der Waals surface area contributed by atoms with Gasteiger partial charge in [0.25, 0.3) is 10.0 Å². The van der Waals surface area contributed by atoms with Crippen LogP contribution in [0, 0.1) is 12.8 Å². The molecule has 1 fully saturated rings. The maximum Gasteiger partial charge on any atom is 0.250 e. The molecule has 0 bridgehead atoms. The highest BCUT2D eigenvalue weighted by atomic mass is 35.5. The number of aryl methyl sites for hydroxylation is 1. The highest BCUT2D eigenvalue weighted by Gasteiger charge is 2.46. The second-order valence-electron chi connectivity index (χ2n) is 6.85. The van der Waals surface area contributed by atoms with Crippen LogP contribution in [0.25, 0.3) is 0 Å². The third-order valence-electron chi connectivity index (χ3n) is 4.76. The molecule has 156 valence electrons. The van der Waals surface area contributed by atoms with Crippen molar-refractivity contribution in [3.8, 4) is 5.75 Å². The largest absolute Gasteiger partial charge is 0.497 e. The predicted molar refractivity (Wildman–Crippen MR) is 113 cm³/mol. The number of amides is 1. The summed E-state index contributed by atoms with van der Waals surface area (Å²) in [6.45, 7) is 3.57. The fourth-order valence-corrected chi connectivity index (χ4v) is 4.85. The molecule has 1 aliphatic heterocycles. The van der Waals surface area contributed by atoms with Crippen LogP contribution in [0.3, 0.4) is 0 Å². The van der Waals surface area contributed by atoms with Crippen LogP contribution in [0.5, 0.6) is 5.75 Å². The van der Waals surface area contributed by atoms with E-state index in [9.17, 15) is 13.2 Å². The van der Waals surface area contributed by atoms with Crippen LogP contribution in [0.15, 0.2) is 42.5 Å². The van der Waals surface area contributed by atoms with E-state index >= 15 is 0 Å². The van der Waals surface area contributed by atoms with Gasteiger partial charge in [-0.15, -0.1) is 0 Å². The van der Waals surface area contributed by atoms with Crippen molar-refractivity contribution >= 4 is 38.9 Å². The van der Waals surface area contributed by atoms with Gasteiger partial charge in [-0.2, -0.15) is 0 Å². The topological polar surface area (TPSA) is 109 Å². The molecule has 1 aliphatic rings. The van der Waals surface area contributed by atoms with Gasteiger partial charge in [-0.25, -0.2) is 13.8 Å². The number of rotatable bonds is 6. The Morgan fingerprint density at radius 1 is 1.14 bits per heavy atom. The van der Waals surface area contributed by atoms with Crippen LogP contribution in [-0.2, 0) is 14.8 Å². The lowest BCUT2D eigenvalue weighted by molar-refractivity contribution is -0.119. The number of methoxy groups -OCH3 is 1. The summed E-state index contributed by atoms with van der Waals surface area (Å²) >= 11 is 6.01. The summed E-state index contributed by atoms with van der Waals surface area (Å²) in [5.74, 6) is -0.689. The summed E-state index contributed by atoms with van der Waals surface area (Å²) in [6.07, 6.45) is 0. The highest BCUT2D eigenvalue weighted by Crippen LogP contribution is 2.26. The van der Waals surface area contributed by atoms with E-state index in [0.29, 0.717) is 22.1 Å². The molecule has 1 heterocycles. The minimum absolute atomic E-state index is 0.372. The summed E-state index contributed by atoms with van der Waals surface area (Å²) in [5.41, 5.74) is 7.31. The van der Waals surface area contributed by atoms with Gasteiger partial charge in [0.2, 0.25) is 5.91 Å². The van der Waals surface area contributed by atoms with Crippen molar-refractivity contribution in [1.82, 2.24) is 10.9 Å². The molecule has 8 nitrogen and oxygen atoms in total. The number of anilines is 2. The third-order valence-corrected chi connectivity index (χ3v) is 6.60. The first-order valence-electron chi connectivity index (χ1n) is 8.95. The van der Waals surface area contributed by atoms with Crippen molar-refractivity contribution in [3.05, 3.63) is 53.1 Å². The maximum atomic E-state index is 12.9. The number of benzene rings is 2. The zero-order valence-corrected chi connectivity index (χ0v) is 17.8. The van der Waals surface area contributed by atoms with Crippen molar-refractivity contribution in [2.45, 2.75) is 25.3 Å². The number of nitrogens with one attached hydrogen (secondary N) is 4. The summed E-state index contributed by atoms with van der Waals surface area (Å²) in [6, 6.07) is 11.2. The summed E-state index contributed by atoms with van der Waals surface area (Å²) in [5, 5.41) is 2.10. The predicted octanol–water partition coefficient (Wildman–Crippen LogP) is 2.48. The van der Waals surface area contributed by atoms with Crippen LogP contribution in [-0.4, -0.2) is 32.9 Å². The molecule has 0 spiro atoms. The monoisotopic (exact) mass is 438 g/mol. The molecule has 3 unspecified atom stereocenters. The lowest BCUT2D eigenvalue weighted by Crippen LogP contribution is -2.45. The SMILES string of the molecule is COc1ccc(NS(=O)(=O)C2NNC(C)C2C(=O)Nc2cc(Cl)ccc2C)cc1. The van der Waals surface area contributed by atoms with Gasteiger partial charge in [0, 0.05) is 22.4 Å². The molecular formula is C19H23ClN4O4S. The van der Waals surface area contributed by atoms with E-state index in [1.165, 1.54) is 7.11 Å². The van der Waals surface area contributed by atoms with E-state index in [0.717, 1.165) is 5.56 Å². The van der Waals surface area contributed by atoms with Crippen LogP contribution in [0.4, 0.5) is 11.4 Å². The van der Waals surface area contributed by atoms with Crippen molar-refractivity contribution in [1.29, 1.82) is 0 Å².